The fourth-order valence-corrected chi connectivity index (χ4v) is 7.39. The van der Waals surface area contributed by atoms with Crippen molar-refractivity contribution in [3.05, 3.63) is 58.0 Å². The van der Waals surface area contributed by atoms with Gasteiger partial charge in [-0.3, -0.25) is 5.10 Å². The summed E-state index contributed by atoms with van der Waals surface area (Å²) in [5, 5.41) is 18.3. The zero-order valence-corrected chi connectivity index (χ0v) is 25.1. The smallest absolute Gasteiger partial charge is 0.407 e. The molecule has 5 aromatic rings. The standard InChI is InChI=1S/C28H29ClN10O2S/c1-15-13-42-25(34-15)28(14-32-26(40)41-27(2,3)4)17-11-38(12-18(17)28)19-10-31-22-21(36-37-23(22)35-19)16-6-8-30-24(20(16)29)39-9-5-7-33-39/h5-10,13,17-18H,11-12,14H2,1-4H3,(H,32,40)(H,35,36,37)/t17-,18+,28?. The van der Waals surface area contributed by atoms with E-state index in [-0.39, 0.29) is 5.41 Å². The van der Waals surface area contributed by atoms with Gasteiger partial charge in [0.2, 0.25) is 0 Å². The van der Waals surface area contributed by atoms with Crippen LogP contribution >= 0.6 is 22.9 Å². The van der Waals surface area contributed by atoms with Gasteiger partial charge in [0.1, 0.15) is 27.6 Å². The van der Waals surface area contributed by atoms with Crippen LogP contribution in [-0.2, 0) is 10.2 Å². The van der Waals surface area contributed by atoms with Gasteiger partial charge in [-0.2, -0.15) is 10.2 Å². The third-order valence-corrected chi connectivity index (χ3v) is 9.43. The highest BCUT2D eigenvalue weighted by atomic mass is 35.5. The number of rotatable bonds is 6. The zero-order chi connectivity index (χ0) is 29.2. The number of nitrogens with one attached hydrogen (secondary N) is 2. The Bertz CT molecular complexity index is 1780. The van der Waals surface area contributed by atoms with Crippen LogP contribution in [0.15, 0.2) is 42.3 Å². The lowest BCUT2D eigenvalue weighted by Gasteiger charge is -2.27. The van der Waals surface area contributed by atoms with Gasteiger partial charge in [-0.1, -0.05) is 11.6 Å². The van der Waals surface area contributed by atoms with Crippen LogP contribution in [0.3, 0.4) is 0 Å². The van der Waals surface area contributed by atoms with E-state index < -0.39 is 11.7 Å². The number of alkyl carbamates (subject to hydrolysis) is 1. The number of aromatic nitrogens is 8. The predicted octanol–water partition coefficient (Wildman–Crippen LogP) is 4.55. The van der Waals surface area contributed by atoms with Crippen LogP contribution in [0.5, 0.6) is 0 Å². The Morgan fingerprint density at radius 1 is 1.24 bits per heavy atom. The minimum atomic E-state index is -0.556. The number of halogens is 1. The number of pyridine rings is 1. The Morgan fingerprint density at radius 2 is 2.05 bits per heavy atom. The molecule has 14 heteroatoms. The first-order valence-corrected chi connectivity index (χ1v) is 14.9. The molecule has 6 heterocycles. The maximum Gasteiger partial charge on any atom is 0.407 e. The van der Waals surface area contributed by atoms with Crippen molar-refractivity contribution < 1.29 is 9.53 Å². The second-order valence-electron chi connectivity index (χ2n) is 11.8. The van der Waals surface area contributed by atoms with E-state index in [0.29, 0.717) is 51.6 Å². The average molecular weight is 605 g/mol. The number of thiazole rings is 1. The number of hydrogen-bond donors (Lipinski definition) is 2. The summed E-state index contributed by atoms with van der Waals surface area (Å²) >= 11 is 8.39. The minimum absolute atomic E-state index is 0.213. The van der Waals surface area contributed by atoms with Crippen molar-refractivity contribution in [2.45, 2.75) is 38.7 Å². The number of fused-ring (bicyclic) bond motifs is 2. The normalized spacial score (nSPS) is 21.5. The lowest BCUT2D eigenvalue weighted by atomic mass is 10.0. The molecule has 0 aromatic carbocycles. The van der Waals surface area contributed by atoms with Gasteiger partial charge in [0.25, 0.3) is 0 Å². The molecule has 1 saturated heterocycles. The highest BCUT2D eigenvalue weighted by Crippen LogP contribution is 2.64. The van der Waals surface area contributed by atoms with E-state index in [4.69, 9.17) is 31.3 Å². The van der Waals surface area contributed by atoms with Crippen molar-refractivity contribution in [2.75, 3.05) is 24.5 Å². The number of aryl methyl sites for hydroxylation is 1. The van der Waals surface area contributed by atoms with Crippen molar-refractivity contribution in [1.82, 2.24) is 45.2 Å². The minimum Gasteiger partial charge on any atom is -0.444 e. The van der Waals surface area contributed by atoms with E-state index in [0.717, 1.165) is 29.6 Å². The maximum atomic E-state index is 12.5. The summed E-state index contributed by atoms with van der Waals surface area (Å²) in [5.74, 6) is 1.93. The maximum absolute atomic E-state index is 12.5. The number of carbonyl (C=O) groups excluding carboxylic acids is 1. The monoisotopic (exact) mass is 604 g/mol. The Hall–Kier alpha value is -4.10. The van der Waals surface area contributed by atoms with Crippen molar-refractivity contribution in [1.29, 1.82) is 0 Å². The summed E-state index contributed by atoms with van der Waals surface area (Å²) in [6.07, 6.45) is 6.50. The second kappa shape index (κ2) is 9.73. The molecule has 12 nitrogen and oxygen atoms in total. The molecule has 2 fully saturated rings. The van der Waals surface area contributed by atoms with Gasteiger partial charge in [-0.15, -0.1) is 11.3 Å². The van der Waals surface area contributed by atoms with Crippen LogP contribution in [0.2, 0.25) is 5.02 Å². The van der Waals surface area contributed by atoms with Gasteiger partial charge in [0.05, 0.1) is 11.2 Å². The number of anilines is 1. The quantitative estimate of drug-likeness (QED) is 0.286. The first-order valence-electron chi connectivity index (χ1n) is 13.6. The lowest BCUT2D eigenvalue weighted by Crippen LogP contribution is -2.41. The van der Waals surface area contributed by atoms with Crippen molar-refractivity contribution >= 4 is 46.0 Å². The van der Waals surface area contributed by atoms with Gasteiger partial charge < -0.3 is 15.0 Å². The van der Waals surface area contributed by atoms with E-state index in [2.05, 4.69) is 35.9 Å². The molecule has 216 valence electrons. The summed E-state index contributed by atoms with van der Waals surface area (Å²) in [5.41, 5.74) is 2.71. The van der Waals surface area contributed by atoms with Gasteiger partial charge in [0.15, 0.2) is 11.5 Å². The molecule has 2 N–H and O–H groups in total. The summed E-state index contributed by atoms with van der Waals surface area (Å²) in [6, 6.07) is 3.61. The van der Waals surface area contributed by atoms with Crippen LogP contribution in [0, 0.1) is 18.8 Å². The van der Waals surface area contributed by atoms with E-state index in [1.807, 2.05) is 33.8 Å². The molecule has 1 aliphatic carbocycles. The fourth-order valence-electron chi connectivity index (χ4n) is 5.98. The SMILES string of the molecule is Cc1csc(C2(CNC(=O)OC(C)(C)C)[C@@H]3CN(c4cnc5c(-c6ccnc(-n7cccn7)c6Cl)n[nH]c5n4)C[C@@H]32)n1. The van der Waals surface area contributed by atoms with Crippen LogP contribution in [0.1, 0.15) is 31.5 Å². The van der Waals surface area contributed by atoms with Crippen LogP contribution in [0.4, 0.5) is 10.6 Å². The molecule has 7 rings (SSSR count). The van der Waals surface area contributed by atoms with E-state index in [9.17, 15) is 4.79 Å². The third-order valence-electron chi connectivity index (χ3n) is 7.90. The highest BCUT2D eigenvalue weighted by molar-refractivity contribution is 7.09. The predicted molar refractivity (Wildman–Crippen MR) is 159 cm³/mol. The van der Waals surface area contributed by atoms with Crippen LogP contribution < -0.4 is 10.2 Å². The highest BCUT2D eigenvalue weighted by Gasteiger charge is 2.70. The number of aromatic amines is 1. The molecule has 1 unspecified atom stereocenters. The topological polar surface area (TPSA) is 140 Å². The molecule has 3 atom stereocenters. The summed E-state index contributed by atoms with van der Waals surface area (Å²) in [7, 11) is 0. The number of nitrogens with zero attached hydrogens (tertiary/aromatic N) is 8. The van der Waals surface area contributed by atoms with E-state index in [1.54, 1.807) is 46.9 Å². The number of H-pyrrole nitrogens is 1. The largest absolute Gasteiger partial charge is 0.444 e. The first-order chi connectivity index (χ1) is 20.1. The Kier molecular flexibility index (Phi) is 6.21. The molecule has 0 radical (unpaired) electrons. The first kappa shape index (κ1) is 26.8. The fraction of sp³-hybridized carbons (Fsp3) is 0.393. The van der Waals surface area contributed by atoms with Crippen molar-refractivity contribution in [3.63, 3.8) is 0 Å². The molecule has 5 aromatic heterocycles. The summed E-state index contributed by atoms with van der Waals surface area (Å²) in [4.78, 5) is 33.6. The van der Waals surface area contributed by atoms with Gasteiger partial charge >= 0.3 is 6.09 Å². The summed E-state index contributed by atoms with van der Waals surface area (Å²) < 4.78 is 7.11. The lowest BCUT2D eigenvalue weighted by molar-refractivity contribution is 0.0520. The summed E-state index contributed by atoms with van der Waals surface area (Å²) in [6.45, 7) is 9.64. The molecule has 1 saturated carbocycles. The second-order valence-corrected chi connectivity index (χ2v) is 13.0. The Balaban J connectivity index is 1.11. The van der Waals surface area contributed by atoms with E-state index >= 15 is 0 Å². The molecule has 0 bridgehead atoms. The molecule has 2 aliphatic rings. The Morgan fingerprint density at radius 3 is 2.74 bits per heavy atom. The molecule has 1 amide bonds. The van der Waals surface area contributed by atoms with Crippen LogP contribution in [-0.4, -0.2) is 71.2 Å². The number of piperidine rings is 1. The average Bonchev–Trinajstić information content (AvgIpc) is 3.61. The number of carbonyl (C=O) groups is 1. The molecule has 1 aliphatic heterocycles. The number of amides is 1. The molecule has 42 heavy (non-hydrogen) atoms. The van der Waals surface area contributed by atoms with Crippen molar-refractivity contribution in [2.24, 2.45) is 11.8 Å². The van der Waals surface area contributed by atoms with E-state index in [1.165, 1.54) is 0 Å². The van der Waals surface area contributed by atoms with Gasteiger partial charge in [0, 0.05) is 60.3 Å². The van der Waals surface area contributed by atoms with Gasteiger partial charge in [-0.05, 0) is 51.7 Å². The van der Waals surface area contributed by atoms with Gasteiger partial charge in [-0.25, -0.2) is 29.4 Å². The number of hydrogen-bond acceptors (Lipinski definition) is 10. The molecule has 0 spiro atoms. The number of ether oxygens (including phenoxy) is 1. The van der Waals surface area contributed by atoms with Crippen molar-refractivity contribution in [3.8, 4) is 17.1 Å². The zero-order valence-electron chi connectivity index (χ0n) is 23.5. The Labute approximate surface area is 250 Å². The molecular weight excluding hydrogens is 576 g/mol. The third kappa shape index (κ3) is 4.47. The molecular formula is C28H29ClN10O2S. The van der Waals surface area contributed by atoms with Crippen LogP contribution in [0.25, 0.3) is 28.2 Å².